The van der Waals surface area contributed by atoms with Crippen LogP contribution < -0.4 is 16.9 Å². The van der Waals surface area contributed by atoms with Crippen molar-refractivity contribution in [3.05, 3.63) is 59.6 Å². The van der Waals surface area contributed by atoms with Crippen LogP contribution in [-0.2, 0) is 9.63 Å². The van der Waals surface area contributed by atoms with Gasteiger partial charge in [0, 0.05) is 11.8 Å². The van der Waals surface area contributed by atoms with E-state index in [2.05, 4.69) is 15.1 Å². The van der Waals surface area contributed by atoms with Crippen molar-refractivity contribution in [2.45, 2.75) is 13.8 Å². The summed E-state index contributed by atoms with van der Waals surface area (Å²) >= 11 is 0. The molecule has 2 rings (SSSR count). The first kappa shape index (κ1) is 15.5. The van der Waals surface area contributed by atoms with E-state index in [4.69, 9.17) is 11.6 Å². The van der Waals surface area contributed by atoms with Gasteiger partial charge in [-0.3, -0.25) is 4.79 Å². The molecule has 0 unspecified atom stereocenters. The second-order valence-electron chi connectivity index (χ2n) is 4.83. The molecule has 22 heavy (non-hydrogen) atoms. The van der Waals surface area contributed by atoms with Crippen molar-refractivity contribution in [1.82, 2.24) is 4.98 Å². The molecule has 0 fully saturated rings. The van der Waals surface area contributed by atoms with Gasteiger partial charge >= 0.3 is 0 Å². The van der Waals surface area contributed by atoms with Gasteiger partial charge in [-0.05, 0) is 37.1 Å². The zero-order chi connectivity index (χ0) is 16.1. The van der Waals surface area contributed by atoms with Crippen molar-refractivity contribution >= 4 is 11.7 Å². The number of nitrogens with zero attached hydrogens (tertiary/aromatic N) is 1. The number of aryl methyl sites for hydroxylation is 1. The molecule has 2 aromatic rings. The molecule has 6 heteroatoms. The maximum atomic E-state index is 11.9. The number of hydrogen-bond acceptors (Lipinski definition) is 5. The molecule has 114 valence electrons. The molecule has 0 aliphatic heterocycles. The zero-order valence-corrected chi connectivity index (χ0v) is 12.5. The Balaban J connectivity index is 2.18. The molecule has 1 heterocycles. The lowest BCUT2D eigenvalue weighted by atomic mass is 10.0. The largest absolute Gasteiger partial charge is 0.404 e. The summed E-state index contributed by atoms with van der Waals surface area (Å²) in [6.07, 6.45) is 1.69. The average Bonchev–Trinajstić information content (AvgIpc) is 2.49. The van der Waals surface area contributed by atoms with Crippen LogP contribution >= 0.6 is 0 Å². The fraction of sp³-hybridized carbons (Fsp3) is 0.125. The Morgan fingerprint density at radius 2 is 1.95 bits per heavy atom. The van der Waals surface area contributed by atoms with Gasteiger partial charge in [-0.2, -0.15) is 5.90 Å². The molecule has 1 aromatic heterocycles. The molecule has 0 saturated heterocycles. The maximum absolute atomic E-state index is 11.9. The van der Waals surface area contributed by atoms with Crippen molar-refractivity contribution in [2.75, 3.05) is 5.32 Å². The Bertz CT molecular complexity index is 704. The number of hydrogen-bond donors (Lipinski definition) is 3. The first-order valence-electron chi connectivity index (χ1n) is 6.69. The van der Waals surface area contributed by atoms with Crippen molar-refractivity contribution in [3.8, 4) is 11.1 Å². The number of benzene rings is 1. The standard InChI is InChI=1S/C16H18N4O2/c1-10-5-3-4-6-13(10)12-7-8-14(19-9-12)20-16(21)15(22-18)11(2)17/h3-9H,17-18H2,1-2H3,(H,19,20,21)/b15-11-. The molecule has 0 bridgehead atoms. The maximum Gasteiger partial charge on any atom is 0.296 e. The van der Waals surface area contributed by atoms with Crippen molar-refractivity contribution in [2.24, 2.45) is 11.6 Å². The Morgan fingerprint density at radius 3 is 2.50 bits per heavy atom. The van der Waals surface area contributed by atoms with E-state index < -0.39 is 5.91 Å². The molecule has 5 N–H and O–H groups in total. The molecular formula is C16H18N4O2. The molecule has 0 atom stereocenters. The van der Waals surface area contributed by atoms with Crippen LogP contribution in [0.4, 0.5) is 5.82 Å². The lowest BCUT2D eigenvalue weighted by Crippen LogP contribution is -2.22. The lowest BCUT2D eigenvalue weighted by molar-refractivity contribution is -0.116. The molecule has 0 radical (unpaired) electrons. The van der Waals surface area contributed by atoms with Gasteiger partial charge in [0.1, 0.15) is 5.82 Å². The van der Waals surface area contributed by atoms with Crippen LogP contribution in [0.2, 0.25) is 0 Å². The number of anilines is 1. The Hall–Kier alpha value is -2.86. The monoisotopic (exact) mass is 298 g/mol. The summed E-state index contributed by atoms with van der Waals surface area (Å²) in [5.41, 5.74) is 8.92. The molecule has 0 aliphatic carbocycles. The SMILES string of the molecule is C/C(N)=C(/ON)C(=O)Nc1ccc(-c2ccccc2C)cn1. The van der Waals surface area contributed by atoms with Gasteiger partial charge in [-0.25, -0.2) is 4.98 Å². The Kier molecular flexibility index (Phi) is 4.75. The van der Waals surface area contributed by atoms with Crippen molar-refractivity contribution in [1.29, 1.82) is 0 Å². The number of rotatable bonds is 4. The third kappa shape index (κ3) is 3.42. The lowest BCUT2D eigenvalue weighted by Gasteiger charge is -2.09. The van der Waals surface area contributed by atoms with E-state index in [0.29, 0.717) is 5.82 Å². The number of nitrogens with two attached hydrogens (primary N) is 2. The summed E-state index contributed by atoms with van der Waals surface area (Å²) in [6.45, 7) is 3.56. The van der Waals surface area contributed by atoms with Crippen LogP contribution in [0.3, 0.4) is 0 Å². The third-order valence-corrected chi connectivity index (χ3v) is 3.14. The summed E-state index contributed by atoms with van der Waals surface area (Å²) in [4.78, 5) is 20.6. The van der Waals surface area contributed by atoms with Crippen LogP contribution in [0, 0.1) is 6.92 Å². The number of aromatic nitrogens is 1. The minimum absolute atomic E-state index is 0.134. The number of carbonyl (C=O) groups excluding carboxylic acids is 1. The molecule has 6 nitrogen and oxygen atoms in total. The number of carbonyl (C=O) groups is 1. The highest BCUT2D eigenvalue weighted by Gasteiger charge is 2.14. The summed E-state index contributed by atoms with van der Waals surface area (Å²) in [7, 11) is 0. The summed E-state index contributed by atoms with van der Waals surface area (Å²) in [5.74, 6) is 4.74. The highest BCUT2D eigenvalue weighted by Crippen LogP contribution is 2.23. The molecular weight excluding hydrogens is 280 g/mol. The number of pyridine rings is 1. The predicted octanol–water partition coefficient (Wildman–Crippen LogP) is 2.08. The number of amides is 1. The second kappa shape index (κ2) is 6.73. The van der Waals surface area contributed by atoms with Gasteiger partial charge in [0.25, 0.3) is 5.91 Å². The van der Waals surface area contributed by atoms with E-state index in [1.807, 2.05) is 37.3 Å². The van der Waals surface area contributed by atoms with Gasteiger partial charge in [-0.15, -0.1) is 0 Å². The van der Waals surface area contributed by atoms with Gasteiger partial charge in [0.05, 0.1) is 5.70 Å². The number of allylic oxidation sites excluding steroid dienone is 1. The van der Waals surface area contributed by atoms with Crippen LogP contribution in [0.15, 0.2) is 54.1 Å². The average molecular weight is 298 g/mol. The highest BCUT2D eigenvalue weighted by molar-refractivity contribution is 6.02. The molecule has 0 spiro atoms. The first-order valence-corrected chi connectivity index (χ1v) is 6.69. The van der Waals surface area contributed by atoms with E-state index >= 15 is 0 Å². The smallest absolute Gasteiger partial charge is 0.296 e. The quantitative estimate of drug-likeness (QED) is 0.455. The predicted molar refractivity (Wildman–Crippen MR) is 85.2 cm³/mol. The van der Waals surface area contributed by atoms with E-state index in [1.54, 1.807) is 12.3 Å². The third-order valence-electron chi connectivity index (χ3n) is 3.14. The highest BCUT2D eigenvalue weighted by atomic mass is 16.6. The van der Waals surface area contributed by atoms with Crippen molar-refractivity contribution < 1.29 is 9.63 Å². The molecule has 0 saturated carbocycles. The van der Waals surface area contributed by atoms with Crippen LogP contribution in [0.5, 0.6) is 0 Å². The van der Waals surface area contributed by atoms with E-state index in [1.165, 1.54) is 6.92 Å². The van der Waals surface area contributed by atoms with Gasteiger partial charge in [0.2, 0.25) is 5.76 Å². The molecule has 1 aromatic carbocycles. The molecule has 1 amide bonds. The van der Waals surface area contributed by atoms with E-state index in [-0.39, 0.29) is 11.5 Å². The van der Waals surface area contributed by atoms with E-state index in [9.17, 15) is 4.79 Å². The summed E-state index contributed by atoms with van der Waals surface area (Å²) < 4.78 is 0. The first-order chi connectivity index (χ1) is 10.5. The van der Waals surface area contributed by atoms with Crippen LogP contribution in [0.1, 0.15) is 12.5 Å². The van der Waals surface area contributed by atoms with Gasteiger partial charge < -0.3 is 15.9 Å². The number of nitrogens with one attached hydrogen (secondary N) is 1. The minimum atomic E-state index is -0.543. The zero-order valence-electron chi connectivity index (χ0n) is 12.5. The normalized spacial score (nSPS) is 11.6. The Morgan fingerprint density at radius 1 is 1.23 bits per heavy atom. The van der Waals surface area contributed by atoms with Crippen molar-refractivity contribution in [3.63, 3.8) is 0 Å². The second-order valence-corrected chi connectivity index (χ2v) is 4.83. The van der Waals surface area contributed by atoms with Gasteiger partial charge in [-0.1, -0.05) is 24.3 Å². The van der Waals surface area contributed by atoms with Gasteiger partial charge in [0.15, 0.2) is 0 Å². The van der Waals surface area contributed by atoms with Crippen LogP contribution in [-0.4, -0.2) is 10.9 Å². The minimum Gasteiger partial charge on any atom is -0.404 e. The van der Waals surface area contributed by atoms with E-state index in [0.717, 1.165) is 16.7 Å². The molecule has 0 aliphatic rings. The topological polar surface area (TPSA) is 103 Å². The fourth-order valence-electron chi connectivity index (χ4n) is 2.02. The summed E-state index contributed by atoms with van der Waals surface area (Å²) in [5, 5.41) is 2.57. The fourth-order valence-corrected chi connectivity index (χ4v) is 2.02. The summed E-state index contributed by atoms with van der Waals surface area (Å²) in [6, 6.07) is 11.6. The Labute approximate surface area is 128 Å². The van der Waals surface area contributed by atoms with Crippen LogP contribution in [0.25, 0.3) is 11.1 Å².